The van der Waals surface area contributed by atoms with Gasteiger partial charge in [-0.05, 0) is 6.42 Å². The predicted molar refractivity (Wildman–Crippen MR) is 79.6 cm³/mol. The van der Waals surface area contributed by atoms with E-state index in [0.29, 0.717) is 0 Å². The molecule has 140 valence electrons. The maximum absolute atomic E-state index is 12.1. The number of hydrogen-bond donors (Lipinski definition) is 8. The van der Waals surface area contributed by atoms with Crippen molar-refractivity contribution < 1.29 is 35.1 Å². The Hall–Kier alpha value is -2.09. The number of ether oxygens (including phenoxy) is 1. The number of carbonyl (C=O) groups is 1. The van der Waals surface area contributed by atoms with Gasteiger partial charge in [-0.25, -0.2) is 4.79 Å². The topological polar surface area (TPSA) is 205 Å². The van der Waals surface area contributed by atoms with E-state index in [-0.39, 0.29) is 6.42 Å². The van der Waals surface area contributed by atoms with Gasteiger partial charge in [0.2, 0.25) is 0 Å². The monoisotopic (exact) mass is 361 g/mol. The summed E-state index contributed by atoms with van der Waals surface area (Å²) in [6.45, 7) is -1.25. The van der Waals surface area contributed by atoms with E-state index in [1.807, 2.05) is 4.98 Å². The second-order valence-corrected chi connectivity index (χ2v) is 5.54. The van der Waals surface area contributed by atoms with Crippen molar-refractivity contribution in [3.8, 4) is 0 Å². The molecule has 1 aliphatic heterocycles. The van der Waals surface area contributed by atoms with Crippen molar-refractivity contribution in [2.24, 2.45) is 0 Å². The number of nitrogens with one attached hydrogen (secondary N) is 3. The lowest BCUT2D eigenvalue weighted by Gasteiger charge is -2.35. The molecule has 12 heteroatoms. The minimum atomic E-state index is -2.23. The SMILES string of the molecule is O=C(O)[C@H](CCO)N[C@@]1(c2c[nH]c(=O)[nH]c2=O)O[C@H](CO)[C@@H](O)[C@H]1O. The zero-order valence-electron chi connectivity index (χ0n) is 12.9. The standard InChI is InChI=1S/C13H19N3O9/c17-2-1-6(11(22)23)16-13(5-3-14-12(24)15-10(5)21)9(20)8(19)7(4-18)25-13/h3,6-9,16-20H,1-2,4H2,(H,22,23)(H2,14,15,21,24)/t6-,7+,8+,9+,13-/m0/s1. The lowest BCUT2D eigenvalue weighted by atomic mass is 9.95. The van der Waals surface area contributed by atoms with Gasteiger partial charge in [-0.15, -0.1) is 0 Å². The maximum atomic E-state index is 12.1. The number of aliphatic hydroxyl groups is 4. The molecule has 0 bridgehead atoms. The fraction of sp³-hybridized carbons (Fsp3) is 0.615. The summed E-state index contributed by atoms with van der Waals surface area (Å²) in [5, 5.41) is 50.4. The Labute approximate surface area is 139 Å². The highest BCUT2D eigenvalue weighted by molar-refractivity contribution is 5.73. The molecule has 1 aromatic heterocycles. The first kappa shape index (κ1) is 19.2. The fourth-order valence-corrected chi connectivity index (χ4v) is 2.72. The summed E-state index contributed by atoms with van der Waals surface area (Å²) in [7, 11) is 0. The summed E-state index contributed by atoms with van der Waals surface area (Å²) in [6.07, 6.45) is -4.21. The fourth-order valence-electron chi connectivity index (χ4n) is 2.72. The number of carboxylic acid groups (broad SMARTS) is 1. The van der Waals surface area contributed by atoms with Crippen molar-refractivity contribution in [3.63, 3.8) is 0 Å². The first-order valence-corrected chi connectivity index (χ1v) is 7.35. The molecule has 0 saturated carbocycles. The predicted octanol–water partition coefficient (Wildman–Crippen LogP) is -4.25. The summed E-state index contributed by atoms with van der Waals surface area (Å²) in [5.74, 6) is -1.41. The summed E-state index contributed by atoms with van der Waals surface area (Å²) in [4.78, 5) is 38.8. The third-order valence-electron chi connectivity index (χ3n) is 3.96. The number of carboxylic acids is 1. The molecule has 5 atom stereocenters. The van der Waals surface area contributed by atoms with Gasteiger partial charge in [0.15, 0.2) is 5.72 Å². The maximum Gasteiger partial charge on any atom is 0.325 e. The van der Waals surface area contributed by atoms with E-state index in [4.69, 9.17) is 9.84 Å². The molecule has 25 heavy (non-hydrogen) atoms. The Morgan fingerprint density at radius 3 is 2.52 bits per heavy atom. The molecule has 0 aromatic carbocycles. The third kappa shape index (κ3) is 3.49. The first-order chi connectivity index (χ1) is 11.8. The zero-order valence-corrected chi connectivity index (χ0v) is 12.9. The van der Waals surface area contributed by atoms with Crippen LogP contribution in [0.25, 0.3) is 0 Å². The number of aromatic amines is 2. The van der Waals surface area contributed by atoms with Crippen molar-refractivity contribution in [3.05, 3.63) is 32.6 Å². The Balaban J connectivity index is 2.58. The molecular weight excluding hydrogens is 342 g/mol. The quantitative estimate of drug-likeness (QED) is 0.235. The van der Waals surface area contributed by atoms with Crippen LogP contribution in [-0.2, 0) is 15.3 Å². The summed E-state index contributed by atoms with van der Waals surface area (Å²) < 4.78 is 5.41. The summed E-state index contributed by atoms with van der Waals surface area (Å²) >= 11 is 0. The van der Waals surface area contributed by atoms with E-state index in [1.165, 1.54) is 0 Å². The van der Waals surface area contributed by atoms with E-state index in [2.05, 4.69) is 10.3 Å². The number of aromatic nitrogens is 2. The van der Waals surface area contributed by atoms with Crippen LogP contribution in [0.15, 0.2) is 15.8 Å². The largest absolute Gasteiger partial charge is 0.480 e. The highest BCUT2D eigenvalue weighted by atomic mass is 16.6. The van der Waals surface area contributed by atoms with E-state index in [1.54, 1.807) is 0 Å². The highest BCUT2D eigenvalue weighted by Gasteiger charge is 2.57. The van der Waals surface area contributed by atoms with Crippen molar-refractivity contribution in [2.45, 2.75) is 36.5 Å². The number of aliphatic carboxylic acids is 1. The van der Waals surface area contributed by atoms with Crippen LogP contribution in [-0.4, -0.2) is 79.0 Å². The van der Waals surface area contributed by atoms with Gasteiger partial charge in [-0.1, -0.05) is 0 Å². The normalized spacial score (nSPS) is 30.3. The van der Waals surface area contributed by atoms with Crippen LogP contribution in [0.2, 0.25) is 0 Å². The van der Waals surface area contributed by atoms with Gasteiger partial charge in [-0.3, -0.25) is 19.9 Å². The molecule has 2 rings (SSSR count). The molecule has 1 fully saturated rings. The lowest BCUT2D eigenvalue weighted by molar-refractivity contribution is -0.153. The van der Waals surface area contributed by atoms with E-state index in [0.717, 1.165) is 6.20 Å². The van der Waals surface area contributed by atoms with E-state index >= 15 is 0 Å². The molecule has 0 aliphatic carbocycles. The number of hydrogen-bond acceptors (Lipinski definition) is 9. The highest BCUT2D eigenvalue weighted by Crippen LogP contribution is 2.36. The van der Waals surface area contributed by atoms with Crippen LogP contribution < -0.4 is 16.6 Å². The second-order valence-electron chi connectivity index (χ2n) is 5.54. The molecule has 2 heterocycles. The smallest absolute Gasteiger partial charge is 0.325 e. The molecule has 1 saturated heterocycles. The molecule has 8 N–H and O–H groups in total. The Morgan fingerprint density at radius 1 is 1.36 bits per heavy atom. The molecule has 1 aliphatic rings. The van der Waals surface area contributed by atoms with Crippen LogP contribution in [0.4, 0.5) is 0 Å². The zero-order chi connectivity index (χ0) is 18.8. The number of aliphatic hydroxyl groups excluding tert-OH is 4. The average Bonchev–Trinajstić information content (AvgIpc) is 2.79. The van der Waals surface area contributed by atoms with Gasteiger partial charge in [0.05, 0.1) is 12.2 Å². The van der Waals surface area contributed by atoms with Gasteiger partial charge >= 0.3 is 11.7 Å². The molecule has 0 spiro atoms. The van der Waals surface area contributed by atoms with Crippen molar-refractivity contribution in [2.75, 3.05) is 13.2 Å². The van der Waals surface area contributed by atoms with Crippen LogP contribution in [0.3, 0.4) is 0 Å². The first-order valence-electron chi connectivity index (χ1n) is 7.35. The third-order valence-corrected chi connectivity index (χ3v) is 3.96. The molecule has 0 amide bonds. The van der Waals surface area contributed by atoms with Gasteiger partial charge in [0.1, 0.15) is 24.4 Å². The molecule has 0 unspecified atom stereocenters. The molecule has 12 nitrogen and oxygen atoms in total. The van der Waals surface area contributed by atoms with Crippen LogP contribution in [0.5, 0.6) is 0 Å². The number of rotatable bonds is 7. The van der Waals surface area contributed by atoms with E-state index in [9.17, 15) is 34.8 Å². The summed E-state index contributed by atoms with van der Waals surface area (Å²) in [5.41, 5.74) is -4.48. The van der Waals surface area contributed by atoms with Gasteiger partial charge in [-0.2, -0.15) is 0 Å². The van der Waals surface area contributed by atoms with Gasteiger partial charge in [0.25, 0.3) is 5.56 Å². The minimum absolute atomic E-state index is 0.297. The van der Waals surface area contributed by atoms with Crippen LogP contribution in [0, 0.1) is 0 Å². The average molecular weight is 361 g/mol. The van der Waals surface area contributed by atoms with Crippen molar-refractivity contribution in [1.29, 1.82) is 0 Å². The van der Waals surface area contributed by atoms with Crippen molar-refractivity contribution >= 4 is 5.97 Å². The van der Waals surface area contributed by atoms with Crippen molar-refractivity contribution in [1.82, 2.24) is 15.3 Å². The van der Waals surface area contributed by atoms with Crippen LogP contribution in [0.1, 0.15) is 12.0 Å². The Morgan fingerprint density at radius 2 is 2.04 bits per heavy atom. The van der Waals surface area contributed by atoms with E-state index < -0.39 is 66.1 Å². The lowest BCUT2D eigenvalue weighted by Crippen LogP contribution is -2.59. The summed E-state index contributed by atoms with van der Waals surface area (Å²) in [6, 6.07) is -1.46. The van der Waals surface area contributed by atoms with Gasteiger partial charge < -0.3 is 35.3 Å². The molecule has 0 radical (unpaired) electrons. The second kappa shape index (κ2) is 7.43. The van der Waals surface area contributed by atoms with Gasteiger partial charge in [0, 0.05) is 12.8 Å². The molecular formula is C13H19N3O9. The van der Waals surface area contributed by atoms with Crippen LogP contribution >= 0.6 is 0 Å². The Bertz CT molecular complexity index is 732. The minimum Gasteiger partial charge on any atom is -0.480 e. The number of H-pyrrole nitrogens is 2. The molecule has 1 aromatic rings. The Kier molecular flexibility index (Phi) is 5.72.